The Bertz CT molecular complexity index is 891. The fraction of sp³-hybridized carbons (Fsp3) is 0.550. The molecule has 1 aliphatic rings. The summed E-state index contributed by atoms with van der Waals surface area (Å²) in [5, 5.41) is 2.96. The number of thiophene rings is 1. The van der Waals surface area contributed by atoms with Crippen LogP contribution in [0.25, 0.3) is 10.1 Å². The number of carbonyl (C=O) groups is 1. The molecule has 6 heteroatoms. The van der Waals surface area contributed by atoms with Gasteiger partial charge in [-0.1, -0.05) is 6.07 Å². The van der Waals surface area contributed by atoms with Gasteiger partial charge in [0.15, 0.2) is 9.84 Å². The first kappa shape index (κ1) is 19.4. The highest BCUT2D eigenvalue weighted by Gasteiger charge is 2.28. The van der Waals surface area contributed by atoms with Gasteiger partial charge in [0, 0.05) is 17.8 Å². The van der Waals surface area contributed by atoms with Crippen LogP contribution in [-0.4, -0.2) is 43.3 Å². The molecule has 26 heavy (non-hydrogen) atoms. The van der Waals surface area contributed by atoms with Crippen molar-refractivity contribution in [2.45, 2.75) is 45.3 Å². The average Bonchev–Trinajstić information content (AvgIpc) is 3.04. The van der Waals surface area contributed by atoms with Crippen molar-refractivity contribution >= 4 is 37.2 Å². The lowest BCUT2D eigenvalue weighted by Crippen LogP contribution is -2.41. The van der Waals surface area contributed by atoms with E-state index in [1.807, 2.05) is 4.90 Å². The van der Waals surface area contributed by atoms with Gasteiger partial charge in [0.05, 0.1) is 17.4 Å². The van der Waals surface area contributed by atoms with E-state index in [4.69, 9.17) is 0 Å². The van der Waals surface area contributed by atoms with Crippen LogP contribution < -0.4 is 0 Å². The Labute approximate surface area is 160 Å². The topological polar surface area (TPSA) is 54.5 Å². The Kier molecular flexibility index (Phi) is 5.72. The van der Waals surface area contributed by atoms with Gasteiger partial charge in [-0.3, -0.25) is 4.79 Å². The first-order chi connectivity index (χ1) is 12.3. The van der Waals surface area contributed by atoms with Gasteiger partial charge >= 0.3 is 0 Å². The average molecular weight is 394 g/mol. The van der Waals surface area contributed by atoms with Crippen molar-refractivity contribution in [3.8, 4) is 0 Å². The lowest BCUT2D eigenvalue weighted by Gasteiger charge is -2.32. The van der Waals surface area contributed by atoms with Crippen molar-refractivity contribution < 1.29 is 13.2 Å². The first-order valence-corrected chi connectivity index (χ1v) is 11.8. The van der Waals surface area contributed by atoms with E-state index >= 15 is 0 Å². The van der Waals surface area contributed by atoms with E-state index in [9.17, 15) is 13.2 Å². The van der Waals surface area contributed by atoms with Crippen LogP contribution in [0.2, 0.25) is 0 Å². The molecule has 1 aromatic heterocycles. The number of fused-ring (bicyclic) bond motifs is 1. The van der Waals surface area contributed by atoms with Crippen molar-refractivity contribution in [2.24, 2.45) is 5.92 Å². The molecule has 0 saturated carbocycles. The van der Waals surface area contributed by atoms with E-state index in [1.165, 1.54) is 15.6 Å². The summed E-state index contributed by atoms with van der Waals surface area (Å²) in [7, 11) is -3.01. The standard InChI is InChI=1S/C20H27NO3S2/c1-14(2)26(23,24)13-16-4-7-21(8-5-16)19(22)12-17-10-15(3)20-18(11-17)6-9-25-20/h6,9-11,14,16H,4-5,7-8,12-13H2,1-3H3. The molecule has 1 amide bonds. The molecule has 2 heterocycles. The molecule has 1 aliphatic heterocycles. The summed E-state index contributed by atoms with van der Waals surface area (Å²) in [6.07, 6.45) is 1.97. The Morgan fingerprint density at radius 1 is 1.27 bits per heavy atom. The zero-order chi connectivity index (χ0) is 18.9. The highest BCUT2D eigenvalue weighted by Crippen LogP contribution is 2.27. The van der Waals surface area contributed by atoms with Gasteiger partial charge in [0.1, 0.15) is 0 Å². The molecule has 3 rings (SSSR count). The monoisotopic (exact) mass is 393 g/mol. The molecule has 0 atom stereocenters. The largest absolute Gasteiger partial charge is 0.342 e. The molecule has 1 saturated heterocycles. The van der Waals surface area contributed by atoms with Gasteiger partial charge in [-0.2, -0.15) is 0 Å². The highest BCUT2D eigenvalue weighted by atomic mass is 32.2. The van der Waals surface area contributed by atoms with E-state index in [0.717, 1.165) is 18.4 Å². The van der Waals surface area contributed by atoms with Gasteiger partial charge in [0.2, 0.25) is 5.91 Å². The fourth-order valence-electron chi connectivity index (χ4n) is 3.60. The van der Waals surface area contributed by atoms with Gasteiger partial charge in [-0.05, 0) is 73.6 Å². The predicted molar refractivity (Wildman–Crippen MR) is 108 cm³/mol. The predicted octanol–water partition coefficient (Wildman–Crippen LogP) is 3.81. The van der Waals surface area contributed by atoms with E-state index in [-0.39, 0.29) is 22.8 Å². The van der Waals surface area contributed by atoms with Crippen molar-refractivity contribution in [3.05, 3.63) is 34.7 Å². The third-order valence-electron chi connectivity index (χ3n) is 5.31. The number of hydrogen-bond acceptors (Lipinski definition) is 4. The summed E-state index contributed by atoms with van der Waals surface area (Å²) in [6.45, 7) is 6.89. The molecule has 0 unspecified atom stereocenters. The van der Waals surface area contributed by atoms with Crippen molar-refractivity contribution in [1.82, 2.24) is 4.90 Å². The normalized spacial score (nSPS) is 16.5. The van der Waals surface area contributed by atoms with Crippen LogP contribution in [0.3, 0.4) is 0 Å². The van der Waals surface area contributed by atoms with E-state index in [1.54, 1.807) is 25.2 Å². The van der Waals surface area contributed by atoms with Crippen LogP contribution >= 0.6 is 11.3 Å². The number of sulfone groups is 1. The minimum Gasteiger partial charge on any atom is -0.342 e. The smallest absolute Gasteiger partial charge is 0.226 e. The van der Waals surface area contributed by atoms with Crippen LogP contribution in [0, 0.1) is 12.8 Å². The minimum atomic E-state index is -3.01. The molecule has 0 spiro atoms. The molecule has 4 nitrogen and oxygen atoms in total. The molecule has 0 aliphatic carbocycles. The summed E-state index contributed by atoms with van der Waals surface area (Å²) in [5.41, 5.74) is 2.28. The third kappa shape index (κ3) is 4.29. The molecule has 0 radical (unpaired) electrons. The van der Waals surface area contributed by atoms with Crippen LogP contribution in [0.4, 0.5) is 0 Å². The number of nitrogens with zero attached hydrogens (tertiary/aromatic N) is 1. The third-order valence-corrected chi connectivity index (χ3v) is 8.74. The Morgan fingerprint density at radius 3 is 2.62 bits per heavy atom. The van der Waals surface area contributed by atoms with E-state index < -0.39 is 9.84 Å². The number of likely N-dealkylation sites (tertiary alicyclic amines) is 1. The Morgan fingerprint density at radius 2 is 1.96 bits per heavy atom. The molecule has 142 valence electrons. The van der Waals surface area contributed by atoms with Crippen LogP contribution in [0.1, 0.15) is 37.8 Å². The Balaban J connectivity index is 1.58. The lowest BCUT2D eigenvalue weighted by atomic mass is 9.98. The van der Waals surface area contributed by atoms with Crippen LogP contribution in [0.5, 0.6) is 0 Å². The second kappa shape index (κ2) is 7.69. The Hall–Kier alpha value is -1.40. The quantitative estimate of drug-likeness (QED) is 0.776. The van der Waals surface area contributed by atoms with Gasteiger partial charge < -0.3 is 4.90 Å². The van der Waals surface area contributed by atoms with Gasteiger partial charge in [-0.15, -0.1) is 11.3 Å². The first-order valence-electron chi connectivity index (χ1n) is 9.22. The summed E-state index contributed by atoms with van der Waals surface area (Å²) < 4.78 is 25.5. The second-order valence-electron chi connectivity index (χ2n) is 7.63. The number of aryl methyl sites for hydroxylation is 1. The van der Waals surface area contributed by atoms with Crippen LogP contribution in [0.15, 0.2) is 23.6 Å². The maximum atomic E-state index is 12.7. The van der Waals surface area contributed by atoms with Crippen molar-refractivity contribution in [1.29, 1.82) is 0 Å². The second-order valence-corrected chi connectivity index (χ2v) is 11.1. The van der Waals surface area contributed by atoms with Crippen LogP contribution in [-0.2, 0) is 21.1 Å². The lowest BCUT2D eigenvalue weighted by molar-refractivity contribution is -0.131. The van der Waals surface area contributed by atoms with E-state index in [2.05, 4.69) is 30.5 Å². The molecule has 0 bridgehead atoms. The molecule has 1 fully saturated rings. The highest BCUT2D eigenvalue weighted by molar-refractivity contribution is 7.91. The van der Waals surface area contributed by atoms with Crippen molar-refractivity contribution in [3.63, 3.8) is 0 Å². The number of amides is 1. The van der Waals surface area contributed by atoms with Gasteiger partial charge in [-0.25, -0.2) is 8.42 Å². The fourth-order valence-corrected chi connectivity index (χ4v) is 5.83. The minimum absolute atomic E-state index is 0.143. The molecular weight excluding hydrogens is 366 g/mol. The maximum absolute atomic E-state index is 12.7. The van der Waals surface area contributed by atoms with Gasteiger partial charge in [0.25, 0.3) is 0 Å². The number of piperidine rings is 1. The molecular formula is C20H27NO3S2. The number of benzene rings is 1. The molecule has 0 N–H and O–H groups in total. The SMILES string of the molecule is Cc1cc(CC(=O)N2CCC(CS(=O)(=O)C(C)C)CC2)cc2ccsc12. The summed E-state index contributed by atoms with van der Waals surface area (Å²) in [4.78, 5) is 14.6. The zero-order valence-corrected chi connectivity index (χ0v) is 17.3. The number of hydrogen-bond donors (Lipinski definition) is 0. The number of rotatable bonds is 5. The summed E-state index contributed by atoms with van der Waals surface area (Å²) in [6, 6.07) is 6.32. The summed E-state index contributed by atoms with van der Waals surface area (Å²) in [5.74, 6) is 0.570. The molecule has 2 aromatic rings. The molecule has 1 aromatic carbocycles. The van der Waals surface area contributed by atoms with Crippen molar-refractivity contribution in [2.75, 3.05) is 18.8 Å². The maximum Gasteiger partial charge on any atom is 0.226 e. The summed E-state index contributed by atoms with van der Waals surface area (Å²) >= 11 is 1.73. The number of carbonyl (C=O) groups excluding carboxylic acids is 1. The zero-order valence-electron chi connectivity index (χ0n) is 15.7. The van der Waals surface area contributed by atoms with E-state index in [0.29, 0.717) is 19.5 Å².